The van der Waals surface area contributed by atoms with Crippen molar-refractivity contribution in [3.8, 4) is 0 Å². The third kappa shape index (κ3) is 9.28. The van der Waals surface area contributed by atoms with Crippen molar-refractivity contribution in [3.63, 3.8) is 0 Å². The van der Waals surface area contributed by atoms with E-state index in [2.05, 4.69) is 32.6 Å². The van der Waals surface area contributed by atoms with Crippen LogP contribution in [0, 0.1) is 5.92 Å². The Balaban J connectivity index is 4.24. The first-order valence-electron chi connectivity index (χ1n) is 7.61. The maximum absolute atomic E-state index is 12.2. The monoisotopic (exact) mass is 290 g/mol. The summed E-state index contributed by atoms with van der Waals surface area (Å²) in [4.78, 5) is 16.6. The molecule has 0 aliphatic carbocycles. The lowest BCUT2D eigenvalue weighted by Gasteiger charge is -2.28. The average molecular weight is 291 g/mol. The SMILES string of the molecule is CCN(CC)CCN(CC(C)C)C(=O)CCCCCl. The molecule has 0 bridgehead atoms. The average Bonchev–Trinajstić information content (AvgIpc) is 2.38. The minimum absolute atomic E-state index is 0.283. The van der Waals surface area contributed by atoms with Crippen molar-refractivity contribution in [1.29, 1.82) is 0 Å². The predicted molar refractivity (Wildman–Crippen MR) is 83.8 cm³/mol. The Bertz CT molecular complexity index is 230. The fraction of sp³-hybridized carbons (Fsp3) is 0.933. The van der Waals surface area contributed by atoms with Gasteiger partial charge in [0.15, 0.2) is 0 Å². The van der Waals surface area contributed by atoms with E-state index in [1.54, 1.807) is 0 Å². The summed E-state index contributed by atoms with van der Waals surface area (Å²) in [5.74, 6) is 1.45. The summed E-state index contributed by atoms with van der Waals surface area (Å²) in [5.41, 5.74) is 0. The lowest BCUT2D eigenvalue weighted by atomic mass is 10.1. The minimum Gasteiger partial charge on any atom is -0.341 e. The highest BCUT2D eigenvalue weighted by molar-refractivity contribution is 6.17. The Morgan fingerprint density at radius 2 is 1.74 bits per heavy atom. The van der Waals surface area contributed by atoms with E-state index in [-0.39, 0.29) is 5.91 Å². The van der Waals surface area contributed by atoms with Crippen molar-refractivity contribution >= 4 is 17.5 Å². The summed E-state index contributed by atoms with van der Waals surface area (Å²) >= 11 is 5.66. The number of nitrogens with zero attached hydrogens (tertiary/aromatic N) is 2. The van der Waals surface area contributed by atoms with Gasteiger partial charge < -0.3 is 9.80 Å². The highest BCUT2D eigenvalue weighted by Gasteiger charge is 2.15. The van der Waals surface area contributed by atoms with Crippen molar-refractivity contribution in [1.82, 2.24) is 9.80 Å². The van der Waals surface area contributed by atoms with Gasteiger partial charge in [-0.1, -0.05) is 27.7 Å². The van der Waals surface area contributed by atoms with Crippen molar-refractivity contribution in [2.75, 3.05) is 38.6 Å². The molecule has 0 saturated carbocycles. The van der Waals surface area contributed by atoms with Gasteiger partial charge in [0.2, 0.25) is 5.91 Å². The number of amides is 1. The maximum atomic E-state index is 12.2. The van der Waals surface area contributed by atoms with Crippen LogP contribution in [0.25, 0.3) is 0 Å². The van der Waals surface area contributed by atoms with E-state index in [4.69, 9.17) is 11.6 Å². The summed E-state index contributed by atoms with van der Waals surface area (Å²) in [6.45, 7) is 13.4. The van der Waals surface area contributed by atoms with Crippen LogP contribution in [-0.2, 0) is 4.79 Å². The molecule has 0 heterocycles. The van der Waals surface area contributed by atoms with Gasteiger partial charge in [-0.05, 0) is 31.8 Å². The number of carbonyl (C=O) groups is 1. The molecule has 0 atom stereocenters. The Kier molecular flexibility index (Phi) is 11.4. The van der Waals surface area contributed by atoms with Crippen molar-refractivity contribution < 1.29 is 4.79 Å². The lowest BCUT2D eigenvalue weighted by molar-refractivity contribution is -0.132. The molecule has 0 aromatic heterocycles. The van der Waals surface area contributed by atoms with Gasteiger partial charge >= 0.3 is 0 Å². The van der Waals surface area contributed by atoms with Gasteiger partial charge in [-0.3, -0.25) is 4.79 Å². The first kappa shape index (κ1) is 18.7. The number of carbonyl (C=O) groups excluding carboxylic acids is 1. The van der Waals surface area contributed by atoms with Gasteiger partial charge in [0, 0.05) is 31.9 Å². The Hall–Kier alpha value is -0.280. The van der Waals surface area contributed by atoms with Crippen LogP contribution in [0.5, 0.6) is 0 Å². The van der Waals surface area contributed by atoms with E-state index in [0.29, 0.717) is 18.2 Å². The zero-order valence-corrected chi connectivity index (χ0v) is 13.9. The highest BCUT2D eigenvalue weighted by Crippen LogP contribution is 2.06. The second kappa shape index (κ2) is 11.5. The molecule has 0 N–H and O–H groups in total. The second-order valence-electron chi connectivity index (χ2n) is 5.41. The van der Waals surface area contributed by atoms with E-state index in [0.717, 1.165) is 45.6 Å². The summed E-state index contributed by atoms with van der Waals surface area (Å²) in [6, 6.07) is 0. The molecule has 19 heavy (non-hydrogen) atoms. The van der Waals surface area contributed by atoms with Crippen molar-refractivity contribution in [2.45, 2.75) is 47.0 Å². The standard InChI is InChI=1S/C15H31ClN2O/c1-5-17(6-2)11-12-18(13-14(3)4)15(19)9-7-8-10-16/h14H,5-13H2,1-4H3. The van der Waals surface area contributed by atoms with Crippen molar-refractivity contribution in [3.05, 3.63) is 0 Å². The van der Waals surface area contributed by atoms with Crippen molar-refractivity contribution in [2.24, 2.45) is 5.92 Å². The van der Waals surface area contributed by atoms with Crippen LogP contribution in [0.4, 0.5) is 0 Å². The number of halogens is 1. The molecule has 0 unspecified atom stereocenters. The molecule has 3 nitrogen and oxygen atoms in total. The lowest BCUT2D eigenvalue weighted by Crippen LogP contribution is -2.40. The smallest absolute Gasteiger partial charge is 0.222 e. The van der Waals surface area contributed by atoms with Crippen LogP contribution in [0.1, 0.15) is 47.0 Å². The summed E-state index contributed by atoms with van der Waals surface area (Å²) in [5, 5.41) is 0. The fourth-order valence-corrected chi connectivity index (χ4v) is 2.28. The van der Waals surface area contributed by atoms with Crippen LogP contribution in [-0.4, -0.2) is 54.3 Å². The predicted octanol–water partition coefficient (Wildman–Crippen LogP) is 3.22. The summed E-state index contributed by atoms with van der Waals surface area (Å²) < 4.78 is 0. The van der Waals surface area contributed by atoms with Gasteiger partial charge in [-0.2, -0.15) is 0 Å². The maximum Gasteiger partial charge on any atom is 0.222 e. The molecule has 0 fully saturated rings. The van der Waals surface area contributed by atoms with Crippen LogP contribution in [0.15, 0.2) is 0 Å². The molecule has 0 aliphatic heterocycles. The molecule has 1 amide bonds. The van der Waals surface area contributed by atoms with E-state index in [1.807, 2.05) is 4.90 Å². The molecule has 4 heteroatoms. The molecule has 0 rings (SSSR count). The topological polar surface area (TPSA) is 23.6 Å². The normalized spacial score (nSPS) is 11.3. The molecule has 114 valence electrons. The number of hydrogen-bond acceptors (Lipinski definition) is 2. The molecule has 0 saturated heterocycles. The van der Waals surface area contributed by atoms with Crippen LogP contribution < -0.4 is 0 Å². The van der Waals surface area contributed by atoms with Gasteiger partial charge in [0.05, 0.1) is 0 Å². The third-order valence-corrected chi connectivity index (χ3v) is 3.56. The van der Waals surface area contributed by atoms with Gasteiger partial charge in [0.25, 0.3) is 0 Å². The second-order valence-corrected chi connectivity index (χ2v) is 5.78. The summed E-state index contributed by atoms with van der Waals surface area (Å²) in [7, 11) is 0. The van der Waals surface area contributed by atoms with Crippen LogP contribution in [0.3, 0.4) is 0 Å². The third-order valence-electron chi connectivity index (χ3n) is 3.29. The zero-order chi connectivity index (χ0) is 14.7. The molecule has 0 aliphatic rings. The highest BCUT2D eigenvalue weighted by atomic mass is 35.5. The molecule has 0 radical (unpaired) electrons. The van der Waals surface area contributed by atoms with Crippen LogP contribution in [0.2, 0.25) is 0 Å². The quantitative estimate of drug-likeness (QED) is 0.431. The first-order chi connectivity index (χ1) is 9.04. The number of alkyl halides is 1. The molecular formula is C15H31ClN2O. The Morgan fingerprint density at radius 1 is 1.11 bits per heavy atom. The van der Waals surface area contributed by atoms with Crippen LogP contribution >= 0.6 is 11.6 Å². The molecule has 0 spiro atoms. The number of likely N-dealkylation sites (N-methyl/N-ethyl adjacent to an activating group) is 1. The Morgan fingerprint density at radius 3 is 2.21 bits per heavy atom. The fourth-order valence-electron chi connectivity index (χ4n) is 2.09. The summed E-state index contributed by atoms with van der Waals surface area (Å²) in [6.07, 6.45) is 2.47. The zero-order valence-electron chi connectivity index (χ0n) is 13.1. The molecule has 0 aromatic carbocycles. The molecule has 0 aromatic rings. The van der Waals surface area contributed by atoms with Gasteiger partial charge in [-0.15, -0.1) is 11.6 Å². The Labute approximate surface area is 124 Å². The van der Waals surface area contributed by atoms with E-state index in [1.165, 1.54) is 0 Å². The van der Waals surface area contributed by atoms with E-state index < -0.39 is 0 Å². The first-order valence-corrected chi connectivity index (χ1v) is 8.14. The largest absolute Gasteiger partial charge is 0.341 e. The minimum atomic E-state index is 0.283. The number of rotatable bonds is 11. The number of unbranched alkanes of at least 4 members (excludes halogenated alkanes) is 1. The number of hydrogen-bond donors (Lipinski definition) is 0. The van der Waals surface area contributed by atoms with E-state index in [9.17, 15) is 4.79 Å². The van der Waals surface area contributed by atoms with Gasteiger partial charge in [-0.25, -0.2) is 0 Å². The van der Waals surface area contributed by atoms with Gasteiger partial charge in [0.1, 0.15) is 0 Å². The molecular weight excluding hydrogens is 260 g/mol. The van der Waals surface area contributed by atoms with E-state index >= 15 is 0 Å².